The van der Waals surface area contributed by atoms with Crippen molar-refractivity contribution in [3.63, 3.8) is 0 Å². The molecule has 0 aliphatic carbocycles. The van der Waals surface area contributed by atoms with E-state index in [1.165, 1.54) is 30.4 Å². The number of carbonyl (C=O) groups is 4. The average Bonchev–Trinajstić information content (AvgIpc) is 3.36. The first kappa shape index (κ1) is 20.1. The van der Waals surface area contributed by atoms with Gasteiger partial charge in [-0.1, -0.05) is 12.1 Å². The van der Waals surface area contributed by atoms with Crippen molar-refractivity contribution < 1.29 is 33.1 Å². The number of furan rings is 1. The zero-order chi connectivity index (χ0) is 20.8. The Bertz CT molecular complexity index is 907. The largest absolute Gasteiger partial charge is 0.467 e. The molecule has 152 valence electrons. The zero-order valence-electron chi connectivity index (χ0n) is 15.8. The Labute approximate surface area is 166 Å². The maximum Gasteiger partial charge on any atom is 0.339 e. The minimum absolute atomic E-state index is 0.0202. The quantitative estimate of drug-likeness (QED) is 0.702. The average molecular weight is 400 g/mol. The molecule has 1 atom stereocenters. The van der Waals surface area contributed by atoms with Crippen LogP contribution in [-0.4, -0.2) is 48.9 Å². The fraction of sp³-hybridized carbons (Fsp3) is 0.300. The summed E-state index contributed by atoms with van der Waals surface area (Å²) in [5.41, 5.74) is 0.436. The second-order valence-corrected chi connectivity index (χ2v) is 6.45. The molecule has 29 heavy (non-hydrogen) atoms. The topological polar surface area (TPSA) is 115 Å². The van der Waals surface area contributed by atoms with Crippen molar-refractivity contribution in [3.8, 4) is 0 Å². The lowest BCUT2D eigenvalue weighted by Gasteiger charge is -2.15. The molecule has 9 nitrogen and oxygen atoms in total. The minimum Gasteiger partial charge on any atom is -0.467 e. The number of anilines is 1. The number of carbonyl (C=O) groups excluding carboxylic acids is 4. The van der Waals surface area contributed by atoms with E-state index in [0.717, 1.165) is 0 Å². The van der Waals surface area contributed by atoms with Gasteiger partial charge in [-0.25, -0.2) is 4.79 Å². The Morgan fingerprint density at radius 1 is 1.21 bits per heavy atom. The number of ether oxygens (including phenoxy) is 2. The van der Waals surface area contributed by atoms with E-state index >= 15 is 0 Å². The highest BCUT2D eigenvalue weighted by atomic mass is 16.5. The first-order valence-corrected chi connectivity index (χ1v) is 8.92. The van der Waals surface area contributed by atoms with E-state index in [4.69, 9.17) is 9.15 Å². The van der Waals surface area contributed by atoms with Crippen LogP contribution in [0.1, 0.15) is 22.5 Å². The summed E-state index contributed by atoms with van der Waals surface area (Å²) in [4.78, 5) is 49.7. The summed E-state index contributed by atoms with van der Waals surface area (Å²) in [5.74, 6) is -2.04. The minimum atomic E-state index is -0.646. The normalized spacial score (nSPS) is 15.8. The molecule has 2 heterocycles. The van der Waals surface area contributed by atoms with Gasteiger partial charge in [0, 0.05) is 13.0 Å². The Hall–Kier alpha value is -3.62. The molecule has 1 aliphatic heterocycles. The number of esters is 2. The summed E-state index contributed by atoms with van der Waals surface area (Å²) in [6.07, 6.45) is 1.53. The predicted molar refractivity (Wildman–Crippen MR) is 99.6 cm³/mol. The SMILES string of the molecule is COC(=O)c1ccccc1NC(=O)COC(=O)[C@H]1CC(=O)N(Cc2ccco2)C1. The van der Waals surface area contributed by atoms with Gasteiger partial charge in [0.2, 0.25) is 5.91 Å². The number of para-hydroxylation sites is 1. The van der Waals surface area contributed by atoms with Gasteiger partial charge in [0.25, 0.3) is 5.91 Å². The number of nitrogens with one attached hydrogen (secondary N) is 1. The maximum atomic E-state index is 12.2. The summed E-state index contributed by atoms with van der Waals surface area (Å²) in [7, 11) is 1.24. The summed E-state index contributed by atoms with van der Waals surface area (Å²) in [6, 6.07) is 9.78. The van der Waals surface area contributed by atoms with Crippen LogP contribution in [-0.2, 0) is 30.4 Å². The molecule has 1 aromatic carbocycles. The van der Waals surface area contributed by atoms with Crippen LogP contribution >= 0.6 is 0 Å². The Morgan fingerprint density at radius 3 is 2.72 bits per heavy atom. The van der Waals surface area contributed by atoms with Crippen LogP contribution in [0.15, 0.2) is 47.1 Å². The molecular formula is C20H20N2O7. The molecule has 0 saturated carbocycles. The van der Waals surface area contributed by atoms with E-state index in [9.17, 15) is 19.2 Å². The first-order chi connectivity index (χ1) is 14.0. The third-order valence-corrected chi connectivity index (χ3v) is 4.43. The molecule has 1 N–H and O–H groups in total. The summed E-state index contributed by atoms with van der Waals surface area (Å²) >= 11 is 0. The molecule has 1 fully saturated rings. The monoisotopic (exact) mass is 400 g/mol. The number of methoxy groups -OCH3 is 1. The van der Waals surface area contributed by atoms with E-state index in [-0.39, 0.29) is 36.7 Å². The van der Waals surface area contributed by atoms with Gasteiger partial charge >= 0.3 is 11.9 Å². The molecule has 9 heteroatoms. The number of amides is 2. The van der Waals surface area contributed by atoms with Crippen LogP contribution in [0, 0.1) is 5.92 Å². The summed E-state index contributed by atoms with van der Waals surface area (Å²) in [5, 5.41) is 2.51. The smallest absolute Gasteiger partial charge is 0.339 e. The van der Waals surface area contributed by atoms with E-state index < -0.39 is 30.4 Å². The molecule has 2 amide bonds. The van der Waals surface area contributed by atoms with E-state index in [1.54, 1.807) is 24.3 Å². The van der Waals surface area contributed by atoms with Crippen molar-refractivity contribution in [2.75, 3.05) is 25.6 Å². The van der Waals surface area contributed by atoms with Gasteiger partial charge in [-0.05, 0) is 24.3 Å². The third-order valence-electron chi connectivity index (χ3n) is 4.43. The van der Waals surface area contributed by atoms with E-state index in [0.29, 0.717) is 5.76 Å². The van der Waals surface area contributed by atoms with E-state index in [1.807, 2.05) is 0 Å². The molecule has 2 aromatic rings. The first-order valence-electron chi connectivity index (χ1n) is 8.92. The second kappa shape index (κ2) is 9.05. The molecule has 1 saturated heterocycles. The number of likely N-dealkylation sites (tertiary alicyclic amines) is 1. The van der Waals surface area contributed by atoms with Crippen LogP contribution in [0.25, 0.3) is 0 Å². The van der Waals surface area contributed by atoms with Crippen LogP contribution in [0.4, 0.5) is 5.69 Å². The number of benzene rings is 1. The summed E-state index contributed by atoms with van der Waals surface area (Å²) < 4.78 is 14.9. The number of hydrogen-bond acceptors (Lipinski definition) is 7. The van der Waals surface area contributed by atoms with Crippen molar-refractivity contribution >= 4 is 29.4 Å². The zero-order valence-corrected chi connectivity index (χ0v) is 15.8. The lowest BCUT2D eigenvalue weighted by molar-refractivity contribution is -0.151. The molecule has 3 rings (SSSR count). The van der Waals surface area contributed by atoms with Gasteiger partial charge in [0.1, 0.15) is 5.76 Å². The third kappa shape index (κ3) is 5.01. The van der Waals surface area contributed by atoms with Gasteiger partial charge in [-0.2, -0.15) is 0 Å². The lowest BCUT2D eigenvalue weighted by Crippen LogP contribution is -2.28. The molecule has 1 aliphatic rings. The Kier molecular flexibility index (Phi) is 6.28. The van der Waals surface area contributed by atoms with Crippen LogP contribution in [0.3, 0.4) is 0 Å². The highest BCUT2D eigenvalue weighted by Gasteiger charge is 2.35. The molecule has 0 unspecified atom stereocenters. The summed E-state index contributed by atoms with van der Waals surface area (Å²) in [6.45, 7) is -0.0528. The van der Waals surface area contributed by atoms with Gasteiger partial charge < -0.3 is 24.1 Å². The number of hydrogen-bond donors (Lipinski definition) is 1. The van der Waals surface area contributed by atoms with Gasteiger partial charge in [-0.3, -0.25) is 14.4 Å². The molecule has 0 spiro atoms. The maximum absolute atomic E-state index is 12.2. The predicted octanol–water partition coefficient (Wildman–Crippen LogP) is 1.60. The van der Waals surface area contributed by atoms with E-state index in [2.05, 4.69) is 10.1 Å². The Balaban J connectivity index is 1.50. The highest BCUT2D eigenvalue weighted by molar-refractivity contribution is 6.02. The van der Waals surface area contributed by atoms with Crippen LogP contribution < -0.4 is 5.32 Å². The van der Waals surface area contributed by atoms with Crippen molar-refractivity contribution in [1.29, 1.82) is 0 Å². The Morgan fingerprint density at radius 2 is 2.00 bits per heavy atom. The fourth-order valence-electron chi connectivity index (χ4n) is 2.99. The standard InChI is InChI=1S/C20H20N2O7/c1-27-20(26)15-6-2-3-7-16(15)21-17(23)12-29-19(25)13-9-18(24)22(10-13)11-14-5-4-8-28-14/h2-8,13H,9-12H2,1H3,(H,21,23)/t13-/m0/s1. The van der Waals surface area contributed by atoms with Crippen molar-refractivity contribution in [2.24, 2.45) is 5.92 Å². The fourth-order valence-corrected chi connectivity index (χ4v) is 2.99. The van der Waals surface area contributed by atoms with Gasteiger partial charge in [0.05, 0.1) is 37.1 Å². The lowest BCUT2D eigenvalue weighted by atomic mass is 10.1. The number of rotatable bonds is 7. The second-order valence-electron chi connectivity index (χ2n) is 6.45. The van der Waals surface area contributed by atoms with Crippen molar-refractivity contribution in [3.05, 3.63) is 54.0 Å². The van der Waals surface area contributed by atoms with Gasteiger partial charge in [-0.15, -0.1) is 0 Å². The van der Waals surface area contributed by atoms with Crippen LogP contribution in [0.2, 0.25) is 0 Å². The molecule has 0 bridgehead atoms. The van der Waals surface area contributed by atoms with Crippen LogP contribution in [0.5, 0.6) is 0 Å². The molecule has 0 radical (unpaired) electrons. The highest BCUT2D eigenvalue weighted by Crippen LogP contribution is 2.22. The van der Waals surface area contributed by atoms with Crippen molar-refractivity contribution in [1.82, 2.24) is 4.90 Å². The van der Waals surface area contributed by atoms with Gasteiger partial charge in [0.15, 0.2) is 6.61 Å². The molecular weight excluding hydrogens is 380 g/mol. The van der Waals surface area contributed by atoms with Crippen molar-refractivity contribution in [2.45, 2.75) is 13.0 Å². The molecule has 1 aromatic heterocycles. The number of nitrogens with zero attached hydrogens (tertiary/aromatic N) is 1.